The van der Waals surface area contributed by atoms with Crippen LogP contribution < -0.4 is 10.5 Å². The maximum absolute atomic E-state index is 11.8. The van der Waals surface area contributed by atoms with Crippen LogP contribution in [0.2, 0.25) is 0 Å². The summed E-state index contributed by atoms with van der Waals surface area (Å²) in [6, 6.07) is 5.67. The van der Waals surface area contributed by atoms with Crippen molar-refractivity contribution in [1.82, 2.24) is 4.90 Å². The van der Waals surface area contributed by atoms with Crippen molar-refractivity contribution >= 4 is 5.91 Å². The molecule has 1 unspecified atom stereocenters. The van der Waals surface area contributed by atoms with Gasteiger partial charge in [-0.3, -0.25) is 4.79 Å². The van der Waals surface area contributed by atoms with E-state index in [4.69, 9.17) is 10.5 Å². The molecule has 0 aliphatic heterocycles. The van der Waals surface area contributed by atoms with Gasteiger partial charge in [-0.1, -0.05) is 13.0 Å². The van der Waals surface area contributed by atoms with E-state index in [2.05, 4.69) is 6.07 Å². The molecule has 2 N–H and O–H groups in total. The average Bonchev–Trinajstić information content (AvgIpc) is 2.35. The summed E-state index contributed by atoms with van der Waals surface area (Å²) in [7, 11) is 1.75. The fraction of sp³-hybridized carbons (Fsp3) is 0.533. The third-order valence-electron chi connectivity index (χ3n) is 3.02. The second-order valence-corrected chi connectivity index (χ2v) is 4.95. The Balaban J connectivity index is 2.43. The Bertz CT molecular complexity index is 412. The van der Waals surface area contributed by atoms with Crippen LogP contribution in [0.4, 0.5) is 0 Å². The maximum atomic E-state index is 11.8. The summed E-state index contributed by atoms with van der Waals surface area (Å²) in [5.74, 6) is 0.810. The summed E-state index contributed by atoms with van der Waals surface area (Å²) in [4.78, 5) is 13.4. The quantitative estimate of drug-likeness (QED) is 0.853. The molecule has 1 amide bonds. The lowest BCUT2D eigenvalue weighted by Crippen LogP contribution is -2.42. The standard InChI is InChI=1S/C15H24N2O2/c1-5-14(16)15(18)17(4)6-7-19-13-9-11(2)8-12(3)10-13/h8-10,14H,5-7,16H2,1-4H3. The van der Waals surface area contributed by atoms with Crippen molar-refractivity contribution in [3.8, 4) is 5.75 Å². The van der Waals surface area contributed by atoms with Gasteiger partial charge >= 0.3 is 0 Å². The lowest BCUT2D eigenvalue weighted by atomic mass is 10.1. The van der Waals surface area contributed by atoms with Gasteiger partial charge in [0.1, 0.15) is 12.4 Å². The molecule has 1 aromatic carbocycles. The zero-order valence-corrected chi connectivity index (χ0v) is 12.3. The van der Waals surface area contributed by atoms with E-state index in [0.29, 0.717) is 19.6 Å². The molecule has 19 heavy (non-hydrogen) atoms. The summed E-state index contributed by atoms with van der Waals surface area (Å²) >= 11 is 0. The van der Waals surface area contributed by atoms with Crippen LogP contribution in [0.3, 0.4) is 0 Å². The van der Waals surface area contributed by atoms with E-state index < -0.39 is 6.04 Å². The normalized spacial score (nSPS) is 12.1. The molecule has 4 nitrogen and oxygen atoms in total. The Morgan fingerprint density at radius 1 is 1.32 bits per heavy atom. The van der Waals surface area contributed by atoms with Gasteiger partial charge in [0.2, 0.25) is 5.91 Å². The zero-order chi connectivity index (χ0) is 14.4. The lowest BCUT2D eigenvalue weighted by Gasteiger charge is -2.20. The Morgan fingerprint density at radius 3 is 2.42 bits per heavy atom. The van der Waals surface area contributed by atoms with E-state index in [9.17, 15) is 4.79 Å². The molecule has 0 aromatic heterocycles. The molecule has 0 bridgehead atoms. The van der Waals surface area contributed by atoms with Crippen LogP contribution in [0.1, 0.15) is 24.5 Å². The molecule has 0 heterocycles. The van der Waals surface area contributed by atoms with Gasteiger partial charge in [-0.25, -0.2) is 0 Å². The van der Waals surface area contributed by atoms with Crippen molar-refractivity contribution in [3.63, 3.8) is 0 Å². The number of aryl methyl sites for hydroxylation is 2. The number of hydrogen-bond acceptors (Lipinski definition) is 3. The van der Waals surface area contributed by atoms with Crippen molar-refractivity contribution < 1.29 is 9.53 Å². The molecular formula is C15H24N2O2. The second kappa shape index (κ2) is 7.14. The second-order valence-electron chi connectivity index (χ2n) is 4.95. The number of ether oxygens (including phenoxy) is 1. The van der Waals surface area contributed by atoms with Crippen molar-refractivity contribution in [1.29, 1.82) is 0 Å². The van der Waals surface area contributed by atoms with E-state index in [1.165, 1.54) is 11.1 Å². The predicted octanol–water partition coefficient (Wildman–Crippen LogP) is 1.88. The van der Waals surface area contributed by atoms with Crippen LogP contribution in [-0.4, -0.2) is 37.0 Å². The number of likely N-dealkylation sites (N-methyl/N-ethyl adjacent to an activating group) is 1. The molecule has 1 atom stereocenters. The van der Waals surface area contributed by atoms with Crippen LogP contribution in [0.5, 0.6) is 5.75 Å². The molecule has 0 fully saturated rings. The number of hydrogen-bond donors (Lipinski definition) is 1. The molecule has 0 saturated carbocycles. The Kier molecular flexibility index (Phi) is 5.83. The highest BCUT2D eigenvalue weighted by Crippen LogP contribution is 2.16. The molecule has 0 radical (unpaired) electrons. The fourth-order valence-corrected chi connectivity index (χ4v) is 1.88. The van der Waals surface area contributed by atoms with Crippen LogP contribution >= 0.6 is 0 Å². The number of benzene rings is 1. The molecular weight excluding hydrogens is 240 g/mol. The minimum absolute atomic E-state index is 0.0356. The van der Waals surface area contributed by atoms with Crippen LogP contribution in [0, 0.1) is 13.8 Å². The first-order valence-electron chi connectivity index (χ1n) is 6.65. The monoisotopic (exact) mass is 264 g/mol. The van der Waals surface area contributed by atoms with Gasteiger partial charge in [-0.05, 0) is 43.5 Å². The number of amides is 1. The highest BCUT2D eigenvalue weighted by molar-refractivity contribution is 5.81. The molecule has 1 rings (SSSR count). The zero-order valence-electron chi connectivity index (χ0n) is 12.3. The Hall–Kier alpha value is -1.55. The lowest BCUT2D eigenvalue weighted by molar-refractivity contribution is -0.131. The summed E-state index contributed by atoms with van der Waals surface area (Å²) < 4.78 is 5.67. The Morgan fingerprint density at radius 2 is 1.89 bits per heavy atom. The van der Waals surface area contributed by atoms with Gasteiger partial charge < -0.3 is 15.4 Å². The van der Waals surface area contributed by atoms with Crippen molar-refractivity contribution in [2.75, 3.05) is 20.2 Å². The minimum atomic E-state index is -0.411. The van der Waals surface area contributed by atoms with E-state index >= 15 is 0 Å². The average molecular weight is 264 g/mol. The highest BCUT2D eigenvalue weighted by Gasteiger charge is 2.15. The largest absolute Gasteiger partial charge is 0.492 e. The van der Waals surface area contributed by atoms with E-state index in [-0.39, 0.29) is 5.91 Å². The number of carbonyl (C=O) groups is 1. The highest BCUT2D eigenvalue weighted by atomic mass is 16.5. The van der Waals surface area contributed by atoms with Crippen LogP contribution in [0.15, 0.2) is 18.2 Å². The van der Waals surface area contributed by atoms with Crippen molar-refractivity contribution in [2.45, 2.75) is 33.2 Å². The van der Waals surface area contributed by atoms with Crippen molar-refractivity contribution in [2.24, 2.45) is 5.73 Å². The predicted molar refractivity (Wildman–Crippen MR) is 77.3 cm³/mol. The summed E-state index contributed by atoms with van der Waals surface area (Å²) in [6.07, 6.45) is 0.654. The molecule has 0 aliphatic carbocycles. The SMILES string of the molecule is CCC(N)C(=O)N(C)CCOc1cc(C)cc(C)c1. The first-order chi connectivity index (χ1) is 8.93. The van der Waals surface area contributed by atoms with E-state index in [1.54, 1.807) is 11.9 Å². The van der Waals surface area contributed by atoms with Gasteiger partial charge in [0.05, 0.1) is 12.6 Å². The van der Waals surface area contributed by atoms with E-state index in [0.717, 1.165) is 5.75 Å². The molecule has 0 saturated heterocycles. The third kappa shape index (κ3) is 4.91. The molecule has 1 aromatic rings. The number of rotatable bonds is 6. The molecule has 106 valence electrons. The molecule has 4 heteroatoms. The molecule has 0 aliphatic rings. The number of nitrogens with two attached hydrogens (primary N) is 1. The van der Waals surface area contributed by atoms with Crippen LogP contribution in [0.25, 0.3) is 0 Å². The Labute approximate surface area is 115 Å². The maximum Gasteiger partial charge on any atom is 0.239 e. The van der Waals surface area contributed by atoms with Gasteiger partial charge in [0.25, 0.3) is 0 Å². The minimum Gasteiger partial charge on any atom is -0.492 e. The van der Waals surface area contributed by atoms with Gasteiger partial charge in [-0.15, -0.1) is 0 Å². The summed E-state index contributed by atoms with van der Waals surface area (Å²) in [5.41, 5.74) is 8.06. The topological polar surface area (TPSA) is 55.6 Å². The van der Waals surface area contributed by atoms with Gasteiger partial charge in [0, 0.05) is 7.05 Å². The van der Waals surface area contributed by atoms with Crippen LogP contribution in [-0.2, 0) is 4.79 Å². The first kappa shape index (κ1) is 15.5. The third-order valence-corrected chi connectivity index (χ3v) is 3.02. The fourth-order valence-electron chi connectivity index (χ4n) is 1.88. The first-order valence-corrected chi connectivity index (χ1v) is 6.65. The number of carbonyl (C=O) groups excluding carboxylic acids is 1. The summed E-state index contributed by atoms with van der Waals surface area (Å²) in [5, 5.41) is 0. The van der Waals surface area contributed by atoms with Gasteiger partial charge in [0.15, 0.2) is 0 Å². The van der Waals surface area contributed by atoms with Gasteiger partial charge in [-0.2, -0.15) is 0 Å². The number of nitrogens with zero attached hydrogens (tertiary/aromatic N) is 1. The molecule has 0 spiro atoms. The smallest absolute Gasteiger partial charge is 0.239 e. The van der Waals surface area contributed by atoms with Crippen molar-refractivity contribution in [3.05, 3.63) is 29.3 Å². The summed E-state index contributed by atoms with van der Waals surface area (Å²) in [6.45, 7) is 7.00. The van der Waals surface area contributed by atoms with E-state index in [1.807, 2.05) is 32.9 Å².